The first-order valence-electron chi connectivity index (χ1n) is 7.82. The molecule has 0 aliphatic carbocycles. The summed E-state index contributed by atoms with van der Waals surface area (Å²) in [5.41, 5.74) is 6.14. The maximum Gasteiger partial charge on any atom is 0.269 e. The Hall–Kier alpha value is -3.20. The van der Waals surface area contributed by atoms with Gasteiger partial charge in [-0.25, -0.2) is 0 Å². The van der Waals surface area contributed by atoms with Crippen molar-refractivity contribution in [3.8, 4) is 23.0 Å². The van der Waals surface area contributed by atoms with Crippen LogP contribution in [0.5, 0.6) is 23.0 Å². The average Bonchev–Trinajstić information content (AvgIpc) is 2.70. The molecule has 9 heteroatoms. The Morgan fingerprint density at radius 1 is 0.741 bits per heavy atom. The van der Waals surface area contributed by atoms with Gasteiger partial charge < -0.3 is 24.3 Å². The van der Waals surface area contributed by atoms with Crippen LogP contribution in [0.1, 0.15) is 10.4 Å². The monoisotopic (exact) mass is 391 g/mol. The summed E-state index contributed by atoms with van der Waals surface area (Å²) in [5.74, 6) is 1.81. The number of rotatable bonds is 6. The Morgan fingerprint density at radius 3 is 1.63 bits per heavy atom. The van der Waals surface area contributed by atoms with E-state index in [-0.39, 0.29) is 5.11 Å². The topological polar surface area (TPSA) is 90.1 Å². The van der Waals surface area contributed by atoms with Gasteiger partial charge in [-0.05, 0) is 24.4 Å². The number of benzene rings is 2. The van der Waals surface area contributed by atoms with Crippen LogP contribution < -0.4 is 35.1 Å². The summed E-state index contributed by atoms with van der Waals surface area (Å²) >= 11 is 5.19. The minimum atomic E-state index is -0.403. The number of methoxy groups -OCH3 is 4. The summed E-state index contributed by atoms with van der Waals surface area (Å²) in [7, 11) is 6.13. The van der Waals surface area contributed by atoms with Crippen molar-refractivity contribution >= 4 is 28.9 Å². The number of hydrogen-bond donors (Lipinski definition) is 3. The number of nitrogens with one attached hydrogen (secondary N) is 3. The van der Waals surface area contributed by atoms with Crippen molar-refractivity contribution in [1.82, 2.24) is 10.9 Å². The fraction of sp³-hybridized carbons (Fsp3) is 0.222. The molecule has 0 saturated heterocycles. The molecule has 0 aromatic heterocycles. The number of carbonyl (C=O) groups excluding carboxylic acids is 1. The van der Waals surface area contributed by atoms with Crippen molar-refractivity contribution in [2.45, 2.75) is 0 Å². The van der Waals surface area contributed by atoms with Crippen molar-refractivity contribution in [3.63, 3.8) is 0 Å². The highest BCUT2D eigenvalue weighted by molar-refractivity contribution is 7.80. The summed E-state index contributed by atoms with van der Waals surface area (Å²) in [6.45, 7) is 0. The lowest BCUT2D eigenvalue weighted by Crippen LogP contribution is -2.43. The summed E-state index contributed by atoms with van der Waals surface area (Å²) in [6, 6.07) is 10.1. The van der Waals surface area contributed by atoms with E-state index in [1.54, 1.807) is 50.6 Å². The number of hydrogen-bond acceptors (Lipinski definition) is 6. The van der Waals surface area contributed by atoms with Gasteiger partial charge in [-0.1, -0.05) is 0 Å². The maximum atomic E-state index is 12.3. The number of ether oxygens (including phenoxy) is 4. The molecule has 2 aromatic rings. The molecule has 0 spiro atoms. The average molecular weight is 391 g/mol. The van der Waals surface area contributed by atoms with Gasteiger partial charge in [0.2, 0.25) is 0 Å². The third-order valence-electron chi connectivity index (χ3n) is 3.51. The zero-order valence-electron chi connectivity index (χ0n) is 15.4. The van der Waals surface area contributed by atoms with Gasteiger partial charge in [0.05, 0.1) is 28.4 Å². The summed E-state index contributed by atoms with van der Waals surface area (Å²) in [6.07, 6.45) is 0. The molecular formula is C18H21N3O5S. The Bertz CT molecular complexity index is 784. The van der Waals surface area contributed by atoms with Crippen LogP contribution in [0.25, 0.3) is 0 Å². The van der Waals surface area contributed by atoms with Crippen LogP contribution in [0.4, 0.5) is 5.69 Å². The Labute approximate surface area is 162 Å². The number of anilines is 1. The highest BCUT2D eigenvalue weighted by atomic mass is 32.1. The molecule has 27 heavy (non-hydrogen) atoms. The van der Waals surface area contributed by atoms with Gasteiger partial charge in [0.1, 0.15) is 23.0 Å². The molecule has 0 bridgehead atoms. The molecule has 0 atom stereocenters. The third kappa shape index (κ3) is 5.65. The quantitative estimate of drug-likeness (QED) is 0.511. The first-order chi connectivity index (χ1) is 13.0. The maximum absolute atomic E-state index is 12.3. The van der Waals surface area contributed by atoms with Crippen LogP contribution in [0, 0.1) is 0 Å². The van der Waals surface area contributed by atoms with Crippen molar-refractivity contribution in [2.75, 3.05) is 33.8 Å². The van der Waals surface area contributed by atoms with E-state index in [1.807, 2.05) is 0 Å². The minimum absolute atomic E-state index is 0.188. The lowest BCUT2D eigenvalue weighted by Gasteiger charge is -2.14. The molecule has 0 unspecified atom stereocenters. The number of hydrazine groups is 1. The second-order valence-corrected chi connectivity index (χ2v) is 5.64. The first kappa shape index (κ1) is 20.1. The van der Waals surface area contributed by atoms with E-state index in [9.17, 15) is 4.79 Å². The number of amides is 1. The normalized spacial score (nSPS) is 9.78. The van der Waals surface area contributed by atoms with E-state index in [2.05, 4.69) is 16.2 Å². The van der Waals surface area contributed by atoms with Gasteiger partial charge in [-0.15, -0.1) is 0 Å². The highest BCUT2D eigenvalue weighted by Crippen LogP contribution is 2.25. The summed E-state index contributed by atoms with van der Waals surface area (Å²) < 4.78 is 20.7. The first-order valence-corrected chi connectivity index (χ1v) is 8.23. The van der Waals surface area contributed by atoms with E-state index in [0.717, 1.165) is 0 Å². The molecule has 144 valence electrons. The summed E-state index contributed by atoms with van der Waals surface area (Å²) in [5, 5.41) is 3.13. The third-order valence-corrected chi connectivity index (χ3v) is 3.72. The van der Waals surface area contributed by atoms with Crippen molar-refractivity contribution in [2.24, 2.45) is 0 Å². The molecule has 8 nitrogen and oxygen atoms in total. The smallest absolute Gasteiger partial charge is 0.269 e. The molecule has 0 saturated carbocycles. The second-order valence-electron chi connectivity index (χ2n) is 5.24. The van der Waals surface area contributed by atoms with Crippen LogP contribution in [-0.2, 0) is 0 Å². The highest BCUT2D eigenvalue weighted by Gasteiger charge is 2.10. The molecule has 0 radical (unpaired) electrons. The lowest BCUT2D eigenvalue weighted by atomic mass is 10.2. The largest absolute Gasteiger partial charge is 0.497 e. The van der Waals surface area contributed by atoms with Crippen molar-refractivity contribution in [1.29, 1.82) is 0 Å². The van der Waals surface area contributed by atoms with Crippen molar-refractivity contribution in [3.05, 3.63) is 42.0 Å². The van der Waals surface area contributed by atoms with Gasteiger partial charge in [-0.2, -0.15) is 0 Å². The van der Waals surface area contributed by atoms with E-state index in [1.165, 1.54) is 14.2 Å². The van der Waals surface area contributed by atoms with E-state index in [4.69, 9.17) is 31.2 Å². The molecule has 1 amide bonds. The molecule has 0 aliphatic heterocycles. The molecule has 0 heterocycles. The molecule has 0 aliphatic rings. The van der Waals surface area contributed by atoms with E-state index in [0.29, 0.717) is 34.2 Å². The number of carbonyl (C=O) groups is 1. The molecular weight excluding hydrogens is 370 g/mol. The van der Waals surface area contributed by atoms with Crippen LogP contribution in [0.3, 0.4) is 0 Å². The Kier molecular flexibility index (Phi) is 7.07. The fourth-order valence-electron chi connectivity index (χ4n) is 2.17. The zero-order chi connectivity index (χ0) is 19.8. The SMILES string of the molecule is COc1cc(NC(=S)NNC(=O)c2cc(OC)cc(OC)c2)cc(OC)c1. The van der Waals surface area contributed by atoms with Crippen molar-refractivity contribution < 1.29 is 23.7 Å². The van der Waals surface area contributed by atoms with Crippen LogP contribution in [0.15, 0.2) is 36.4 Å². The van der Waals surface area contributed by atoms with Gasteiger partial charge in [0.15, 0.2) is 5.11 Å². The van der Waals surface area contributed by atoms with Gasteiger partial charge in [0.25, 0.3) is 5.91 Å². The lowest BCUT2D eigenvalue weighted by molar-refractivity contribution is 0.0943. The predicted octanol–water partition coefficient (Wildman–Crippen LogP) is 2.35. The van der Waals surface area contributed by atoms with Gasteiger partial charge in [-0.3, -0.25) is 15.6 Å². The zero-order valence-corrected chi connectivity index (χ0v) is 16.2. The van der Waals surface area contributed by atoms with Crippen LogP contribution in [-0.4, -0.2) is 39.5 Å². The minimum Gasteiger partial charge on any atom is -0.497 e. The van der Waals surface area contributed by atoms with E-state index < -0.39 is 5.91 Å². The van der Waals surface area contributed by atoms with Gasteiger partial charge >= 0.3 is 0 Å². The Balaban J connectivity index is 2.00. The predicted molar refractivity (Wildman–Crippen MR) is 106 cm³/mol. The van der Waals surface area contributed by atoms with Crippen LogP contribution >= 0.6 is 12.2 Å². The number of thiocarbonyl (C=S) groups is 1. The molecule has 3 N–H and O–H groups in total. The Morgan fingerprint density at radius 2 is 1.19 bits per heavy atom. The second kappa shape index (κ2) is 9.48. The fourth-order valence-corrected chi connectivity index (χ4v) is 2.34. The molecule has 0 fully saturated rings. The van der Waals surface area contributed by atoms with Gasteiger partial charge in [0, 0.05) is 35.5 Å². The van der Waals surface area contributed by atoms with E-state index >= 15 is 0 Å². The molecule has 2 rings (SSSR count). The van der Waals surface area contributed by atoms with Crippen LogP contribution in [0.2, 0.25) is 0 Å². The summed E-state index contributed by atoms with van der Waals surface area (Å²) in [4.78, 5) is 12.3. The molecule has 2 aromatic carbocycles. The standard InChI is InChI=1S/C18H21N3O5S/c1-23-13-5-11(6-14(9-13)24-2)17(22)20-21-18(27)19-12-7-15(25-3)10-16(8-12)26-4/h5-10H,1-4H3,(H,20,22)(H2,19,21,27).